The molecule has 1 saturated heterocycles. The molecule has 0 saturated carbocycles. The van der Waals surface area contributed by atoms with Crippen molar-refractivity contribution in [3.05, 3.63) is 122 Å². The highest BCUT2D eigenvalue weighted by molar-refractivity contribution is 9.10. The lowest BCUT2D eigenvalue weighted by molar-refractivity contribution is -0.122. The minimum Gasteiger partial charge on any atom is -0.490 e. The van der Waals surface area contributed by atoms with Crippen LogP contribution in [0.3, 0.4) is 0 Å². The van der Waals surface area contributed by atoms with E-state index in [0.717, 1.165) is 26.1 Å². The molecule has 1 aliphatic heterocycles. The third-order valence-electron chi connectivity index (χ3n) is 6.66. The summed E-state index contributed by atoms with van der Waals surface area (Å²) in [6.45, 7) is 4.78. The van der Waals surface area contributed by atoms with E-state index < -0.39 is 17.8 Å². The third kappa shape index (κ3) is 7.30. The van der Waals surface area contributed by atoms with Crippen molar-refractivity contribution >= 4 is 57.1 Å². The molecule has 0 atom stereocenters. The summed E-state index contributed by atoms with van der Waals surface area (Å²) in [5.74, 6) is -0.358. The van der Waals surface area contributed by atoms with E-state index in [1.54, 1.807) is 36.4 Å². The van der Waals surface area contributed by atoms with Gasteiger partial charge >= 0.3 is 6.03 Å². The summed E-state index contributed by atoms with van der Waals surface area (Å²) in [7, 11) is 0. The molecule has 1 heterocycles. The number of halogens is 2. The average Bonchev–Trinajstić information content (AvgIpc) is 3.00. The number of hydrogen-bond acceptors (Lipinski definition) is 6. The Kier molecular flexibility index (Phi) is 9.67. The molecule has 1 fully saturated rings. The van der Waals surface area contributed by atoms with Crippen molar-refractivity contribution in [1.82, 2.24) is 5.32 Å². The molecular formula is C34H28BrClN2O6. The average molecular weight is 676 g/mol. The monoisotopic (exact) mass is 674 g/mol. The predicted molar refractivity (Wildman–Crippen MR) is 172 cm³/mol. The van der Waals surface area contributed by atoms with E-state index in [1.807, 2.05) is 62.4 Å². The lowest BCUT2D eigenvalue weighted by atomic mass is 10.1. The van der Waals surface area contributed by atoms with Crippen LogP contribution in [-0.4, -0.2) is 24.5 Å². The van der Waals surface area contributed by atoms with Crippen LogP contribution in [-0.2, 0) is 22.8 Å². The number of barbiturate groups is 1. The van der Waals surface area contributed by atoms with Gasteiger partial charge in [-0.05, 0) is 85.1 Å². The van der Waals surface area contributed by atoms with E-state index in [1.165, 1.54) is 6.08 Å². The lowest BCUT2D eigenvalue weighted by Gasteiger charge is -2.26. The first-order valence-electron chi connectivity index (χ1n) is 13.7. The Morgan fingerprint density at radius 3 is 2.14 bits per heavy atom. The van der Waals surface area contributed by atoms with Gasteiger partial charge < -0.3 is 14.2 Å². The Bertz CT molecular complexity index is 1720. The molecule has 224 valence electrons. The number of anilines is 1. The molecular weight excluding hydrogens is 648 g/mol. The Balaban J connectivity index is 1.35. The number of carbonyl (C=O) groups excluding carboxylic acids is 3. The number of urea groups is 1. The van der Waals surface area contributed by atoms with Crippen molar-refractivity contribution < 1.29 is 28.6 Å². The number of amides is 4. The van der Waals surface area contributed by atoms with Gasteiger partial charge in [0.15, 0.2) is 11.5 Å². The smallest absolute Gasteiger partial charge is 0.335 e. The fraction of sp³-hybridized carbons (Fsp3) is 0.147. The zero-order valence-corrected chi connectivity index (χ0v) is 26.3. The molecule has 5 rings (SSSR count). The highest BCUT2D eigenvalue weighted by Gasteiger charge is 2.37. The van der Waals surface area contributed by atoms with Crippen LogP contribution in [0.4, 0.5) is 10.5 Å². The second-order valence-corrected chi connectivity index (χ2v) is 11.2. The van der Waals surface area contributed by atoms with E-state index in [4.69, 9.17) is 25.8 Å². The maximum atomic E-state index is 13.5. The third-order valence-corrected chi connectivity index (χ3v) is 7.47. The van der Waals surface area contributed by atoms with Crippen LogP contribution in [0.15, 0.2) is 95.0 Å². The van der Waals surface area contributed by atoms with Crippen molar-refractivity contribution in [2.75, 3.05) is 11.5 Å². The fourth-order valence-corrected chi connectivity index (χ4v) is 4.95. The number of nitrogens with zero attached hydrogens (tertiary/aromatic N) is 1. The molecule has 0 spiro atoms. The molecule has 0 unspecified atom stereocenters. The number of carbonyl (C=O) groups is 3. The highest BCUT2D eigenvalue weighted by Crippen LogP contribution is 2.38. The summed E-state index contributed by atoms with van der Waals surface area (Å²) in [6, 6.07) is 24.5. The van der Waals surface area contributed by atoms with E-state index in [9.17, 15) is 14.4 Å². The number of nitrogens with one attached hydrogen (secondary N) is 1. The van der Waals surface area contributed by atoms with Crippen LogP contribution >= 0.6 is 27.5 Å². The topological polar surface area (TPSA) is 94.2 Å². The molecule has 1 aliphatic rings. The van der Waals surface area contributed by atoms with Gasteiger partial charge in [-0.2, -0.15) is 0 Å². The Morgan fingerprint density at radius 1 is 0.841 bits per heavy atom. The molecule has 0 bridgehead atoms. The van der Waals surface area contributed by atoms with Crippen LogP contribution in [0.1, 0.15) is 29.2 Å². The van der Waals surface area contributed by atoms with Gasteiger partial charge in [0.1, 0.15) is 24.5 Å². The van der Waals surface area contributed by atoms with Crippen molar-refractivity contribution in [3.63, 3.8) is 0 Å². The maximum Gasteiger partial charge on any atom is 0.335 e. The van der Waals surface area contributed by atoms with Gasteiger partial charge in [0.25, 0.3) is 11.8 Å². The van der Waals surface area contributed by atoms with Crippen molar-refractivity contribution in [2.45, 2.75) is 27.1 Å². The fourth-order valence-electron chi connectivity index (χ4n) is 4.41. The molecule has 4 amide bonds. The standard InChI is InChI=1S/C34H28BrClN2O6/c1-3-42-30-18-24(17-29(36)31(30)44-20-23-8-10-25(35)11-9-23)16-28-32(39)37-34(41)38(33(28)40)26-12-14-27(15-13-26)43-19-22-6-4-21(2)5-7-22/h4-18H,3,19-20H2,1-2H3,(H,37,39,41)/b28-16+. The highest BCUT2D eigenvalue weighted by atomic mass is 79.9. The number of imide groups is 2. The largest absolute Gasteiger partial charge is 0.490 e. The normalized spacial score (nSPS) is 14.0. The van der Waals surface area contributed by atoms with Crippen LogP contribution in [0.25, 0.3) is 6.08 Å². The SMILES string of the molecule is CCOc1cc(/C=C2\C(=O)NC(=O)N(c3ccc(OCc4ccc(C)cc4)cc3)C2=O)cc(Cl)c1OCc1ccc(Br)cc1. The molecule has 10 heteroatoms. The number of hydrogen-bond donors (Lipinski definition) is 1. The second-order valence-electron chi connectivity index (χ2n) is 9.90. The lowest BCUT2D eigenvalue weighted by Crippen LogP contribution is -2.54. The van der Waals surface area contributed by atoms with Gasteiger partial charge in [0.2, 0.25) is 0 Å². The molecule has 4 aromatic carbocycles. The van der Waals surface area contributed by atoms with Crippen LogP contribution in [0.2, 0.25) is 5.02 Å². The van der Waals surface area contributed by atoms with E-state index in [-0.39, 0.29) is 22.9 Å². The Morgan fingerprint density at radius 2 is 1.48 bits per heavy atom. The van der Waals surface area contributed by atoms with Crippen LogP contribution in [0.5, 0.6) is 17.2 Å². The van der Waals surface area contributed by atoms with E-state index >= 15 is 0 Å². The molecule has 0 aromatic heterocycles. The summed E-state index contributed by atoms with van der Waals surface area (Å²) in [6.07, 6.45) is 1.36. The first-order chi connectivity index (χ1) is 21.2. The minimum atomic E-state index is -0.852. The van der Waals surface area contributed by atoms with Crippen molar-refractivity contribution in [1.29, 1.82) is 0 Å². The molecule has 8 nitrogen and oxygen atoms in total. The van der Waals surface area contributed by atoms with Gasteiger partial charge in [-0.15, -0.1) is 0 Å². The van der Waals surface area contributed by atoms with Gasteiger partial charge in [-0.25, -0.2) is 9.69 Å². The van der Waals surface area contributed by atoms with Crippen LogP contribution < -0.4 is 24.4 Å². The van der Waals surface area contributed by atoms with Crippen molar-refractivity contribution in [2.24, 2.45) is 0 Å². The van der Waals surface area contributed by atoms with E-state index in [0.29, 0.717) is 36.0 Å². The van der Waals surface area contributed by atoms with Gasteiger partial charge in [0.05, 0.1) is 17.3 Å². The van der Waals surface area contributed by atoms with Gasteiger partial charge in [0, 0.05) is 4.47 Å². The first kappa shape index (κ1) is 30.8. The number of aryl methyl sites for hydroxylation is 1. The summed E-state index contributed by atoms with van der Waals surface area (Å²) in [5.41, 5.74) is 3.55. The zero-order chi connectivity index (χ0) is 31.2. The quantitative estimate of drug-likeness (QED) is 0.137. The minimum absolute atomic E-state index is 0.234. The summed E-state index contributed by atoms with van der Waals surface area (Å²) in [5, 5.41) is 2.47. The summed E-state index contributed by atoms with van der Waals surface area (Å²) < 4.78 is 18.5. The van der Waals surface area contributed by atoms with Crippen LogP contribution in [0, 0.1) is 6.92 Å². The molecule has 44 heavy (non-hydrogen) atoms. The molecule has 0 aliphatic carbocycles. The molecule has 1 N–H and O–H groups in total. The summed E-state index contributed by atoms with van der Waals surface area (Å²) in [4.78, 5) is 39.9. The summed E-state index contributed by atoms with van der Waals surface area (Å²) >= 11 is 10.00. The van der Waals surface area contributed by atoms with E-state index in [2.05, 4.69) is 21.2 Å². The number of rotatable bonds is 10. The Labute approximate surface area is 268 Å². The second kappa shape index (κ2) is 13.8. The maximum absolute atomic E-state index is 13.5. The number of benzene rings is 4. The van der Waals surface area contributed by atoms with Gasteiger partial charge in [-0.1, -0.05) is 69.5 Å². The predicted octanol–water partition coefficient (Wildman–Crippen LogP) is 7.63. The Hall–Kier alpha value is -4.60. The van der Waals surface area contributed by atoms with Crippen molar-refractivity contribution in [3.8, 4) is 17.2 Å². The van der Waals surface area contributed by atoms with Gasteiger partial charge in [-0.3, -0.25) is 14.9 Å². The molecule has 4 aromatic rings. The zero-order valence-electron chi connectivity index (χ0n) is 23.9. The number of ether oxygens (including phenoxy) is 3. The molecule has 0 radical (unpaired) electrons. The first-order valence-corrected chi connectivity index (χ1v) is 14.9.